The van der Waals surface area contributed by atoms with E-state index < -0.39 is 0 Å². The number of benzene rings is 1. The number of nitrogen functional groups attached to an aromatic ring is 1. The van der Waals surface area contributed by atoms with E-state index in [2.05, 4.69) is 50.5 Å². The zero-order valence-corrected chi connectivity index (χ0v) is 12.9. The van der Waals surface area contributed by atoms with Gasteiger partial charge in [-0.2, -0.15) is 0 Å². The van der Waals surface area contributed by atoms with Crippen LogP contribution in [0.5, 0.6) is 0 Å². The maximum Gasteiger partial charge on any atom is 0.197 e. The SMILES string of the molecule is NNc1ncc(CN2CCN(Cc3ccccc3)CC2)s1. The second kappa shape index (κ2) is 7.00. The van der Waals surface area contributed by atoms with Gasteiger partial charge in [-0.25, -0.2) is 10.8 Å². The lowest BCUT2D eigenvalue weighted by molar-refractivity contribution is 0.123. The van der Waals surface area contributed by atoms with Crippen LogP contribution in [0.1, 0.15) is 10.4 Å². The average Bonchev–Trinajstić information content (AvgIpc) is 2.98. The van der Waals surface area contributed by atoms with E-state index in [0.717, 1.165) is 44.4 Å². The molecule has 6 heteroatoms. The van der Waals surface area contributed by atoms with Gasteiger partial charge in [0.15, 0.2) is 5.13 Å². The van der Waals surface area contributed by atoms with Crippen molar-refractivity contribution in [2.45, 2.75) is 13.1 Å². The molecule has 0 aliphatic carbocycles. The van der Waals surface area contributed by atoms with E-state index in [0.29, 0.717) is 0 Å². The Hall–Kier alpha value is -1.47. The molecule has 2 heterocycles. The topological polar surface area (TPSA) is 57.4 Å². The average molecular weight is 303 g/mol. The Morgan fingerprint density at radius 3 is 2.33 bits per heavy atom. The molecule has 0 saturated carbocycles. The Labute approximate surface area is 129 Å². The van der Waals surface area contributed by atoms with Gasteiger partial charge in [0.1, 0.15) is 0 Å². The fourth-order valence-corrected chi connectivity index (χ4v) is 3.38. The summed E-state index contributed by atoms with van der Waals surface area (Å²) in [4.78, 5) is 10.5. The second-order valence-corrected chi connectivity index (χ2v) is 6.43. The Bertz CT molecular complexity index is 548. The van der Waals surface area contributed by atoms with E-state index in [-0.39, 0.29) is 0 Å². The van der Waals surface area contributed by atoms with E-state index in [1.165, 1.54) is 10.4 Å². The van der Waals surface area contributed by atoms with Crippen molar-refractivity contribution < 1.29 is 0 Å². The van der Waals surface area contributed by atoms with Gasteiger partial charge >= 0.3 is 0 Å². The van der Waals surface area contributed by atoms with E-state index >= 15 is 0 Å². The van der Waals surface area contributed by atoms with Gasteiger partial charge in [-0.1, -0.05) is 41.7 Å². The third-order valence-electron chi connectivity index (χ3n) is 3.77. The third kappa shape index (κ3) is 4.01. The van der Waals surface area contributed by atoms with Crippen LogP contribution in [0.2, 0.25) is 0 Å². The molecule has 0 amide bonds. The predicted octanol–water partition coefficient (Wildman–Crippen LogP) is 1.75. The number of piperazine rings is 1. The number of aromatic nitrogens is 1. The van der Waals surface area contributed by atoms with Crippen LogP contribution < -0.4 is 11.3 Å². The van der Waals surface area contributed by atoms with Crippen molar-refractivity contribution in [3.05, 3.63) is 47.0 Å². The number of anilines is 1. The van der Waals surface area contributed by atoms with Crippen molar-refractivity contribution in [1.82, 2.24) is 14.8 Å². The van der Waals surface area contributed by atoms with Crippen LogP contribution in [-0.4, -0.2) is 41.0 Å². The maximum absolute atomic E-state index is 5.37. The molecule has 0 atom stereocenters. The molecule has 1 aliphatic rings. The lowest BCUT2D eigenvalue weighted by Gasteiger charge is -2.34. The number of hydrogen-bond donors (Lipinski definition) is 2. The van der Waals surface area contributed by atoms with Crippen molar-refractivity contribution in [2.75, 3.05) is 31.6 Å². The summed E-state index contributed by atoms with van der Waals surface area (Å²) in [5.41, 5.74) is 4.00. The molecule has 1 fully saturated rings. The number of nitrogens with one attached hydrogen (secondary N) is 1. The molecule has 1 saturated heterocycles. The highest BCUT2D eigenvalue weighted by molar-refractivity contribution is 7.15. The second-order valence-electron chi connectivity index (χ2n) is 5.31. The first-order chi connectivity index (χ1) is 10.3. The first-order valence-electron chi connectivity index (χ1n) is 7.23. The van der Waals surface area contributed by atoms with Gasteiger partial charge in [-0.05, 0) is 5.56 Å². The molecule has 0 radical (unpaired) electrons. The van der Waals surface area contributed by atoms with E-state index in [1.807, 2.05) is 6.20 Å². The molecule has 1 aliphatic heterocycles. The Kier molecular flexibility index (Phi) is 4.82. The van der Waals surface area contributed by atoms with E-state index in [1.54, 1.807) is 11.3 Å². The molecule has 0 unspecified atom stereocenters. The Balaban J connectivity index is 1.46. The summed E-state index contributed by atoms with van der Waals surface area (Å²) in [7, 11) is 0. The molecule has 112 valence electrons. The molecule has 3 N–H and O–H groups in total. The molecule has 21 heavy (non-hydrogen) atoms. The maximum atomic E-state index is 5.37. The van der Waals surface area contributed by atoms with Gasteiger partial charge in [0.25, 0.3) is 0 Å². The van der Waals surface area contributed by atoms with Crippen LogP contribution in [0.3, 0.4) is 0 Å². The minimum Gasteiger partial charge on any atom is -0.300 e. The molecule has 5 nitrogen and oxygen atoms in total. The summed E-state index contributed by atoms with van der Waals surface area (Å²) in [5, 5.41) is 0.785. The van der Waals surface area contributed by atoms with Crippen molar-refractivity contribution in [3.63, 3.8) is 0 Å². The summed E-state index contributed by atoms with van der Waals surface area (Å²) in [6.45, 7) is 6.48. The minimum absolute atomic E-state index is 0.785. The lowest BCUT2D eigenvalue weighted by atomic mass is 10.2. The first-order valence-corrected chi connectivity index (χ1v) is 8.05. The van der Waals surface area contributed by atoms with Crippen molar-refractivity contribution in [1.29, 1.82) is 0 Å². The van der Waals surface area contributed by atoms with Crippen LogP contribution in [0, 0.1) is 0 Å². The molecule has 1 aromatic carbocycles. The molecule has 3 rings (SSSR count). The van der Waals surface area contributed by atoms with E-state index in [4.69, 9.17) is 5.84 Å². The number of hydrazine groups is 1. The fraction of sp³-hybridized carbons (Fsp3) is 0.400. The number of hydrogen-bond acceptors (Lipinski definition) is 6. The standard InChI is InChI=1S/C15H21N5S/c16-18-15-17-10-14(21-15)12-20-8-6-19(7-9-20)11-13-4-2-1-3-5-13/h1-5,10H,6-9,11-12,16H2,(H,17,18). The highest BCUT2D eigenvalue weighted by Gasteiger charge is 2.17. The van der Waals surface area contributed by atoms with Gasteiger partial charge < -0.3 is 0 Å². The van der Waals surface area contributed by atoms with Crippen LogP contribution in [0.25, 0.3) is 0 Å². The molecule has 1 aromatic heterocycles. The predicted molar refractivity (Wildman–Crippen MR) is 86.9 cm³/mol. The van der Waals surface area contributed by atoms with Gasteiger partial charge in [0, 0.05) is 50.3 Å². The summed E-state index contributed by atoms with van der Waals surface area (Å²) >= 11 is 1.63. The normalized spacial score (nSPS) is 17.0. The van der Waals surface area contributed by atoms with Gasteiger partial charge in [-0.3, -0.25) is 15.2 Å². The lowest BCUT2D eigenvalue weighted by Crippen LogP contribution is -2.45. The highest BCUT2D eigenvalue weighted by atomic mass is 32.1. The number of nitrogens with two attached hydrogens (primary N) is 1. The quantitative estimate of drug-likeness (QED) is 0.651. The summed E-state index contributed by atoms with van der Waals surface area (Å²) in [6, 6.07) is 10.7. The van der Waals surface area contributed by atoms with Crippen LogP contribution in [-0.2, 0) is 13.1 Å². The van der Waals surface area contributed by atoms with Crippen molar-refractivity contribution >= 4 is 16.5 Å². The zero-order valence-electron chi connectivity index (χ0n) is 12.0. The fourth-order valence-electron chi connectivity index (χ4n) is 2.61. The first kappa shape index (κ1) is 14.5. The van der Waals surface area contributed by atoms with Gasteiger partial charge in [-0.15, -0.1) is 0 Å². The molecular weight excluding hydrogens is 282 g/mol. The highest BCUT2D eigenvalue weighted by Crippen LogP contribution is 2.19. The van der Waals surface area contributed by atoms with Crippen LogP contribution in [0.15, 0.2) is 36.5 Å². The summed E-state index contributed by atoms with van der Waals surface area (Å²) in [6.07, 6.45) is 1.91. The molecule has 0 spiro atoms. The van der Waals surface area contributed by atoms with Crippen LogP contribution in [0.4, 0.5) is 5.13 Å². The van der Waals surface area contributed by atoms with Gasteiger partial charge in [0.2, 0.25) is 0 Å². The summed E-state index contributed by atoms with van der Waals surface area (Å²) in [5.74, 6) is 5.37. The molecule has 0 bridgehead atoms. The van der Waals surface area contributed by atoms with E-state index in [9.17, 15) is 0 Å². The largest absolute Gasteiger partial charge is 0.300 e. The molecule has 2 aromatic rings. The Morgan fingerprint density at radius 2 is 1.71 bits per heavy atom. The summed E-state index contributed by atoms with van der Waals surface area (Å²) < 4.78 is 0. The van der Waals surface area contributed by atoms with Crippen molar-refractivity contribution in [3.8, 4) is 0 Å². The van der Waals surface area contributed by atoms with Crippen LogP contribution >= 0.6 is 11.3 Å². The zero-order chi connectivity index (χ0) is 14.5. The van der Waals surface area contributed by atoms with Gasteiger partial charge in [0.05, 0.1) is 0 Å². The smallest absolute Gasteiger partial charge is 0.197 e. The number of thiazole rings is 1. The molecular formula is C15H21N5S. The number of rotatable bonds is 5. The Morgan fingerprint density at radius 1 is 1.05 bits per heavy atom. The van der Waals surface area contributed by atoms with Crippen molar-refractivity contribution in [2.24, 2.45) is 5.84 Å². The monoisotopic (exact) mass is 303 g/mol. The number of nitrogens with zero attached hydrogens (tertiary/aromatic N) is 3. The third-order valence-corrected chi connectivity index (χ3v) is 4.68. The minimum atomic E-state index is 0.785.